The Balaban J connectivity index is 0.989. The Hall–Kier alpha value is -7.46. The highest BCUT2D eigenvalue weighted by molar-refractivity contribution is 5.96. The van der Waals surface area contributed by atoms with Crippen molar-refractivity contribution in [3.8, 4) is 0 Å². The number of nitrogens with one attached hydrogen (secondary N) is 2. The molecule has 1 aromatic heterocycles. The van der Waals surface area contributed by atoms with E-state index in [1.807, 2.05) is 0 Å². The Kier molecular flexibility index (Phi) is 19.2. The highest BCUT2D eigenvalue weighted by Crippen LogP contribution is 2.64. The van der Waals surface area contributed by atoms with Gasteiger partial charge < -0.3 is 74.1 Å². The molecule has 25 nitrogen and oxygen atoms in total. The van der Waals surface area contributed by atoms with Gasteiger partial charge in [0.15, 0.2) is 23.6 Å². The smallest absolute Gasteiger partial charge is 0.408 e. The molecule has 2 amide bonds. The van der Waals surface area contributed by atoms with E-state index in [-0.39, 0.29) is 80.2 Å². The number of fused-ring (bicyclic) bond motifs is 5. The molecular weight excluding hydrogens is 1140 g/mol. The monoisotopic (exact) mass is 1210 g/mol. The number of hydrogen-bond donors (Lipinski definition) is 7. The number of hydrogen-bond acceptors (Lipinski definition) is 21. The molecule has 2 bridgehead atoms. The van der Waals surface area contributed by atoms with E-state index in [1.165, 1.54) is 57.5 Å². The van der Waals surface area contributed by atoms with E-state index in [0.717, 1.165) is 11.5 Å². The third kappa shape index (κ3) is 12.3. The fourth-order valence-electron chi connectivity index (χ4n) is 13.1. The summed E-state index contributed by atoms with van der Waals surface area (Å²) in [7, 11) is 0. The lowest BCUT2D eigenvalue weighted by molar-refractivity contribution is -0.345. The molecule has 0 radical (unpaired) electrons. The number of aryl methyl sites for hydroxylation is 1. The second-order valence-corrected chi connectivity index (χ2v) is 23.4. The molecule has 9 rings (SSSR count). The fourth-order valence-corrected chi connectivity index (χ4v) is 13.1. The van der Waals surface area contributed by atoms with Gasteiger partial charge in [0.1, 0.15) is 36.2 Å². The first kappa shape index (κ1) is 64.0. The van der Waals surface area contributed by atoms with Crippen LogP contribution in [0.1, 0.15) is 98.0 Å². The molecule has 0 spiro atoms. The molecule has 2 saturated carbocycles. The van der Waals surface area contributed by atoms with Crippen molar-refractivity contribution >= 4 is 35.7 Å². The molecule has 2 aliphatic heterocycles. The molecule has 87 heavy (non-hydrogen) atoms. The summed E-state index contributed by atoms with van der Waals surface area (Å²) in [5.41, 5.74) is -8.96. The van der Waals surface area contributed by atoms with Crippen LogP contribution in [-0.2, 0) is 58.8 Å². The van der Waals surface area contributed by atoms with E-state index in [4.69, 9.17) is 37.9 Å². The Bertz CT molecular complexity index is 3360. The lowest BCUT2D eigenvalue weighted by Crippen LogP contribution is -2.82. The van der Waals surface area contributed by atoms with Gasteiger partial charge >= 0.3 is 29.7 Å². The minimum absolute atomic E-state index is 0.0141. The maximum Gasteiger partial charge on any atom is 0.408 e. The zero-order valence-corrected chi connectivity index (χ0v) is 49.0. The van der Waals surface area contributed by atoms with Gasteiger partial charge in [-0.05, 0) is 61.7 Å². The van der Waals surface area contributed by atoms with Crippen molar-refractivity contribution in [1.82, 2.24) is 19.8 Å². The van der Waals surface area contributed by atoms with Crippen LogP contribution in [0.15, 0.2) is 118 Å². The summed E-state index contributed by atoms with van der Waals surface area (Å²) in [6.07, 6.45) is -14.1. The number of rotatable bonds is 21. The van der Waals surface area contributed by atoms with Crippen LogP contribution in [0.25, 0.3) is 0 Å². The summed E-state index contributed by atoms with van der Waals surface area (Å²) in [5, 5.41) is 63.5. The summed E-state index contributed by atoms with van der Waals surface area (Å²) >= 11 is 0. The van der Waals surface area contributed by atoms with Gasteiger partial charge in [0, 0.05) is 55.5 Å². The Morgan fingerprint density at radius 1 is 0.816 bits per heavy atom. The molecule has 5 aliphatic rings. The molecular formula is C62H74N4O21. The average Bonchev–Trinajstić information content (AvgIpc) is 0.894. The molecule has 25 heteroatoms. The fraction of sp³-hybridized carbons (Fsp3) is 0.516. The first-order valence-electron chi connectivity index (χ1n) is 28.8. The van der Waals surface area contributed by atoms with Gasteiger partial charge in [0.25, 0.3) is 11.5 Å². The van der Waals surface area contributed by atoms with Crippen LogP contribution in [0.2, 0.25) is 0 Å². The molecule has 2 saturated heterocycles. The maximum atomic E-state index is 16.1. The summed E-state index contributed by atoms with van der Waals surface area (Å²) < 4.78 is 50.1. The Morgan fingerprint density at radius 2 is 1.45 bits per heavy atom. The normalized spacial score (nSPS) is 29.6. The number of benzene rings is 3. The van der Waals surface area contributed by atoms with E-state index in [1.54, 1.807) is 78.9 Å². The average molecular weight is 1210 g/mol. The van der Waals surface area contributed by atoms with Gasteiger partial charge in [-0.25, -0.2) is 19.2 Å². The first-order valence-corrected chi connectivity index (χ1v) is 28.8. The summed E-state index contributed by atoms with van der Waals surface area (Å²) in [6, 6.07) is 22.5. The van der Waals surface area contributed by atoms with Crippen molar-refractivity contribution in [3.05, 3.63) is 151 Å². The standard InChI is InChI=1S/C62H74N4O21/c1-34-31-66(45-28-40(69)42(32-67)83-45)58(78)65(54(34)74)23-25-81-27-26-80-24-22-63-57(77)85-49-46-35(2)41(84-56(76)48(71)47(37-16-10-7-11-17-37)64-53(73)38-18-12-8-13-19-38)30-62(79,59(46,4)5)52(86-55(75)39-20-14-9-15-21-39)50-60(6,51(49)72)43(70)29-44-61(50,33-82-44)87-36(3)68/h7-21,31,40-45,47-50,52,67,69-71,79H,22-30,32-33H2,1-6H3,(H,63,77)(H,64,73)/t40-,41+,42+,43+,44-,45-,47+,48-,49-,50+,52+,60?,61+,62-/m1/s1. The van der Waals surface area contributed by atoms with Crippen molar-refractivity contribution in [3.63, 3.8) is 0 Å². The molecule has 14 atom stereocenters. The number of amides is 2. The molecule has 468 valence electrons. The molecule has 3 aliphatic carbocycles. The lowest BCUT2D eigenvalue weighted by atomic mass is 9.44. The van der Waals surface area contributed by atoms with Crippen molar-refractivity contribution < 1.29 is 92.2 Å². The number of aliphatic hydroxyl groups excluding tert-OH is 4. The first-order chi connectivity index (χ1) is 41.4. The van der Waals surface area contributed by atoms with Crippen molar-refractivity contribution in [2.24, 2.45) is 16.7 Å². The minimum Gasteiger partial charge on any atom is -0.456 e. The summed E-state index contributed by atoms with van der Waals surface area (Å²) in [6.45, 7) is 7.04. The molecule has 3 aromatic carbocycles. The number of ether oxygens (including phenoxy) is 8. The summed E-state index contributed by atoms with van der Waals surface area (Å²) in [5.74, 6) is -6.42. The predicted molar refractivity (Wildman–Crippen MR) is 303 cm³/mol. The zero-order chi connectivity index (χ0) is 62.8. The summed E-state index contributed by atoms with van der Waals surface area (Å²) in [4.78, 5) is 113. The number of Topliss-reactive ketones (excluding diaryl/α,β-unsaturated/α-hetero) is 1. The van der Waals surface area contributed by atoms with Crippen LogP contribution in [0.5, 0.6) is 0 Å². The van der Waals surface area contributed by atoms with Crippen LogP contribution in [0.4, 0.5) is 4.79 Å². The van der Waals surface area contributed by atoms with Gasteiger partial charge in [-0.15, -0.1) is 0 Å². The van der Waals surface area contributed by atoms with Gasteiger partial charge in [-0.1, -0.05) is 80.6 Å². The van der Waals surface area contributed by atoms with Crippen LogP contribution in [0.3, 0.4) is 0 Å². The number of aromatic nitrogens is 2. The third-order valence-electron chi connectivity index (χ3n) is 17.8. The van der Waals surface area contributed by atoms with Crippen LogP contribution >= 0.6 is 0 Å². The minimum atomic E-state index is -2.53. The van der Waals surface area contributed by atoms with Crippen molar-refractivity contribution in [2.75, 3.05) is 46.2 Å². The van der Waals surface area contributed by atoms with E-state index < -0.39 is 156 Å². The molecule has 7 N–H and O–H groups in total. The number of carbonyl (C=O) groups excluding carboxylic acids is 6. The number of nitrogens with zero attached hydrogens (tertiary/aromatic N) is 2. The third-order valence-corrected chi connectivity index (χ3v) is 17.8. The molecule has 1 unspecified atom stereocenters. The molecule has 3 heterocycles. The van der Waals surface area contributed by atoms with E-state index in [0.29, 0.717) is 5.56 Å². The van der Waals surface area contributed by atoms with E-state index >= 15 is 4.79 Å². The van der Waals surface area contributed by atoms with Gasteiger partial charge in [0.05, 0.1) is 81.3 Å². The Morgan fingerprint density at radius 3 is 2.06 bits per heavy atom. The largest absolute Gasteiger partial charge is 0.456 e. The number of alkyl carbamates (subject to hydrolysis) is 1. The number of carbonyl (C=O) groups is 6. The van der Waals surface area contributed by atoms with E-state index in [9.17, 15) is 59.1 Å². The van der Waals surface area contributed by atoms with Crippen LogP contribution in [0, 0.1) is 23.7 Å². The van der Waals surface area contributed by atoms with Crippen molar-refractivity contribution in [1.29, 1.82) is 0 Å². The topological polar surface area (TPSA) is 345 Å². The number of ketones is 1. The van der Waals surface area contributed by atoms with Gasteiger partial charge in [-0.2, -0.15) is 0 Å². The SMILES string of the molecule is CC(=O)O[C@@]12CO[C@@H]1C[C@H](O)C1(C)C(=O)[C@H](OC(=O)NCCOCCOCCn3c(=O)c(C)cn([C@H]4C[C@@H](O)[C@H](CO)O4)c3=O)C3=C(C)[C@@H](OC(=O)[C@H](O)[C@@H](NC(=O)c4ccccc4)c4ccccc4)C[C@@](O)([C@@H](OC(=O)c4ccccc4)[C@@H]12)C3(C)C. The quantitative estimate of drug-likeness (QED) is 0.0271. The number of aliphatic hydroxyl groups is 5. The van der Waals surface area contributed by atoms with Crippen molar-refractivity contribution in [2.45, 2.75) is 140 Å². The van der Waals surface area contributed by atoms with Crippen LogP contribution in [-0.4, -0.2) is 177 Å². The zero-order valence-electron chi connectivity index (χ0n) is 49.0. The Labute approximate surface area is 500 Å². The van der Waals surface area contributed by atoms with E-state index in [2.05, 4.69) is 10.6 Å². The highest BCUT2D eigenvalue weighted by atomic mass is 16.6. The lowest BCUT2D eigenvalue weighted by Gasteiger charge is -2.67. The van der Waals surface area contributed by atoms with Gasteiger partial charge in [-0.3, -0.25) is 28.3 Å². The highest BCUT2D eigenvalue weighted by Gasteiger charge is 2.78. The second-order valence-electron chi connectivity index (χ2n) is 23.4. The number of esters is 3. The molecule has 4 aromatic rings. The second kappa shape index (κ2) is 26.1. The van der Waals surface area contributed by atoms with Gasteiger partial charge in [0.2, 0.25) is 0 Å². The van der Waals surface area contributed by atoms with Crippen LogP contribution < -0.4 is 21.9 Å². The maximum absolute atomic E-state index is 16.1. The molecule has 4 fully saturated rings. The predicted octanol–water partition coefficient (Wildman–Crippen LogP) is 1.90.